The smallest absolute Gasteiger partial charge is 0.243 e. The Bertz CT molecular complexity index is 863. The summed E-state index contributed by atoms with van der Waals surface area (Å²) in [4.78, 5) is 33.1. The highest BCUT2D eigenvalue weighted by molar-refractivity contribution is 7.11. The van der Waals surface area contributed by atoms with Gasteiger partial charge in [-0.3, -0.25) is 9.59 Å². The number of aryl methyl sites for hydroxylation is 1. The fourth-order valence-corrected chi connectivity index (χ4v) is 4.67. The number of carbonyl (C=O) groups is 2. The van der Waals surface area contributed by atoms with Crippen molar-refractivity contribution in [1.29, 1.82) is 0 Å². The molecule has 2 amide bonds. The molecule has 1 aliphatic rings. The van der Waals surface area contributed by atoms with Crippen LogP contribution in [0, 0.1) is 12.3 Å². The van der Waals surface area contributed by atoms with Crippen LogP contribution in [-0.2, 0) is 9.59 Å². The van der Waals surface area contributed by atoms with E-state index in [1.165, 1.54) is 0 Å². The predicted octanol–water partition coefficient (Wildman–Crippen LogP) is 3.71. The van der Waals surface area contributed by atoms with Crippen molar-refractivity contribution in [3.8, 4) is 0 Å². The zero-order valence-electron chi connectivity index (χ0n) is 19.6. The number of hydrogen-bond acceptors (Lipinski definition) is 5. The van der Waals surface area contributed by atoms with Gasteiger partial charge in [0.2, 0.25) is 11.8 Å². The molecule has 170 valence electrons. The number of nitrogens with one attached hydrogen (secondary N) is 2. The van der Waals surface area contributed by atoms with Crippen LogP contribution in [0.5, 0.6) is 0 Å². The highest BCUT2D eigenvalue weighted by Crippen LogP contribution is 2.26. The second-order valence-corrected chi connectivity index (χ2v) is 9.96. The van der Waals surface area contributed by atoms with Gasteiger partial charge in [-0.25, -0.2) is 4.98 Å². The number of hydrogen-bond donors (Lipinski definition) is 2. The largest absolute Gasteiger partial charge is 0.351 e. The van der Waals surface area contributed by atoms with Crippen molar-refractivity contribution >= 4 is 28.7 Å². The topological polar surface area (TPSA) is 74.3 Å². The number of thiazole rings is 1. The van der Waals surface area contributed by atoms with Gasteiger partial charge < -0.3 is 15.5 Å². The Morgan fingerprint density at radius 3 is 2.65 bits per heavy atom. The molecule has 0 saturated carbocycles. The predicted molar refractivity (Wildman–Crippen MR) is 129 cm³/mol. The van der Waals surface area contributed by atoms with E-state index in [9.17, 15) is 9.59 Å². The molecule has 2 unspecified atom stereocenters. The average Bonchev–Trinajstić information content (AvgIpc) is 3.35. The summed E-state index contributed by atoms with van der Waals surface area (Å²) < 4.78 is 0. The third kappa shape index (κ3) is 6.37. The summed E-state index contributed by atoms with van der Waals surface area (Å²) in [7, 11) is 1.80. The molecule has 7 heteroatoms. The van der Waals surface area contributed by atoms with Gasteiger partial charge in [0.25, 0.3) is 0 Å². The van der Waals surface area contributed by atoms with E-state index >= 15 is 0 Å². The second-order valence-electron chi connectivity index (χ2n) is 9.10. The lowest BCUT2D eigenvalue weighted by Gasteiger charge is -2.34. The van der Waals surface area contributed by atoms with E-state index in [0.717, 1.165) is 28.1 Å². The van der Waals surface area contributed by atoms with E-state index in [4.69, 9.17) is 0 Å². The van der Waals surface area contributed by atoms with E-state index in [-0.39, 0.29) is 23.3 Å². The molecule has 1 fully saturated rings. The number of aromatic nitrogens is 1. The zero-order valence-corrected chi connectivity index (χ0v) is 20.4. The minimum absolute atomic E-state index is 0.00148. The Labute approximate surface area is 190 Å². The normalized spacial score (nSPS) is 18.8. The van der Waals surface area contributed by atoms with Crippen molar-refractivity contribution in [2.24, 2.45) is 5.41 Å². The molecule has 0 aliphatic carbocycles. The van der Waals surface area contributed by atoms with Gasteiger partial charge in [-0.1, -0.05) is 51.2 Å². The van der Waals surface area contributed by atoms with Crippen LogP contribution in [-0.4, -0.2) is 53.9 Å². The molecular weight excluding hydrogens is 408 g/mol. The number of nitrogens with zero attached hydrogens (tertiary/aromatic N) is 2. The van der Waals surface area contributed by atoms with Crippen LogP contribution in [0.4, 0.5) is 0 Å². The van der Waals surface area contributed by atoms with Crippen LogP contribution < -0.4 is 10.6 Å². The number of rotatable bonds is 8. The maximum absolute atomic E-state index is 13.1. The van der Waals surface area contributed by atoms with E-state index in [1.54, 1.807) is 23.3 Å². The average molecular weight is 445 g/mol. The maximum Gasteiger partial charge on any atom is 0.243 e. The minimum atomic E-state index is -0.405. The van der Waals surface area contributed by atoms with Crippen LogP contribution in [0.1, 0.15) is 51.1 Å². The van der Waals surface area contributed by atoms with Gasteiger partial charge in [0, 0.05) is 13.1 Å². The molecule has 1 aromatic rings. The third-order valence-electron chi connectivity index (χ3n) is 5.56. The fraction of sp³-hybridized carbons (Fsp3) is 0.542. The van der Waals surface area contributed by atoms with Crippen molar-refractivity contribution in [3.05, 3.63) is 46.5 Å². The van der Waals surface area contributed by atoms with Crippen molar-refractivity contribution in [1.82, 2.24) is 20.5 Å². The monoisotopic (exact) mass is 444 g/mol. The number of likely N-dealkylation sites (N-methyl/N-ethyl adjacent to an activating group) is 1. The molecule has 0 bridgehead atoms. The molecule has 1 aliphatic heterocycles. The molecule has 2 atom stereocenters. The molecular formula is C24H36N4O2S. The molecule has 2 N–H and O–H groups in total. The molecule has 6 nitrogen and oxygen atoms in total. The van der Waals surface area contributed by atoms with Gasteiger partial charge in [0.15, 0.2) is 0 Å². The molecule has 0 spiro atoms. The lowest BCUT2D eigenvalue weighted by atomic mass is 9.86. The quantitative estimate of drug-likeness (QED) is 0.600. The first-order valence-corrected chi connectivity index (χ1v) is 11.6. The van der Waals surface area contributed by atoms with E-state index < -0.39 is 6.04 Å². The van der Waals surface area contributed by atoms with E-state index in [2.05, 4.69) is 22.2 Å². The fourth-order valence-electron chi connectivity index (χ4n) is 3.85. The summed E-state index contributed by atoms with van der Waals surface area (Å²) in [6.45, 7) is 15.0. The highest BCUT2D eigenvalue weighted by Gasteiger charge is 2.40. The van der Waals surface area contributed by atoms with Gasteiger partial charge in [-0.15, -0.1) is 11.3 Å². The molecule has 2 rings (SSSR count). The van der Waals surface area contributed by atoms with Gasteiger partial charge in [0.05, 0.1) is 22.1 Å². The summed E-state index contributed by atoms with van der Waals surface area (Å²) in [5, 5.41) is 6.13. The SMILES string of the molecule is C=C/C(=C\C=C(/C)CNC(=O)C1CCCN1C(=O)C(NC)C(C)(C)C)c1scnc1C. The third-order valence-corrected chi connectivity index (χ3v) is 6.53. The first kappa shape index (κ1) is 25.0. The summed E-state index contributed by atoms with van der Waals surface area (Å²) in [6.07, 6.45) is 7.36. The molecule has 1 aromatic heterocycles. The van der Waals surface area contributed by atoms with E-state index in [1.807, 2.05) is 58.4 Å². The molecule has 0 aromatic carbocycles. The summed E-state index contributed by atoms with van der Waals surface area (Å²) in [5.41, 5.74) is 4.62. The minimum Gasteiger partial charge on any atom is -0.351 e. The van der Waals surface area contributed by atoms with Crippen LogP contribution in [0.25, 0.3) is 5.57 Å². The Kier molecular flexibility index (Phi) is 8.77. The van der Waals surface area contributed by atoms with Crippen LogP contribution in [0.3, 0.4) is 0 Å². The van der Waals surface area contributed by atoms with Crippen molar-refractivity contribution in [2.75, 3.05) is 20.1 Å². The second kappa shape index (κ2) is 10.9. The summed E-state index contributed by atoms with van der Waals surface area (Å²) in [6, 6.07) is -0.724. The standard InChI is InChI=1S/C24H36N4O2S/c1-8-18(20-17(3)27-15-31-20)12-11-16(2)14-26-22(29)19-10-9-13-28(19)23(30)21(25-7)24(4,5)6/h8,11-12,15,19,21,25H,1,9-10,13-14H2,2-7H3,(H,26,29)/b16-11+,18-12+. The van der Waals surface area contributed by atoms with Crippen LogP contribution >= 0.6 is 11.3 Å². The first-order chi connectivity index (χ1) is 14.6. The molecule has 31 heavy (non-hydrogen) atoms. The summed E-state index contributed by atoms with van der Waals surface area (Å²) >= 11 is 1.59. The van der Waals surface area contributed by atoms with Gasteiger partial charge in [0.1, 0.15) is 6.04 Å². The lowest BCUT2D eigenvalue weighted by Crippen LogP contribution is -2.55. The number of amides is 2. The maximum atomic E-state index is 13.1. The number of likely N-dealkylation sites (tertiary alicyclic amines) is 1. The Morgan fingerprint density at radius 2 is 2.10 bits per heavy atom. The number of carbonyl (C=O) groups excluding carboxylic acids is 2. The molecule has 1 saturated heterocycles. The van der Waals surface area contributed by atoms with Crippen LogP contribution in [0.15, 0.2) is 35.9 Å². The molecule has 0 radical (unpaired) electrons. The number of allylic oxidation sites excluding steroid dienone is 4. The Balaban J connectivity index is 2.01. The van der Waals surface area contributed by atoms with Crippen molar-refractivity contribution < 1.29 is 9.59 Å². The zero-order chi connectivity index (χ0) is 23.2. The lowest BCUT2D eigenvalue weighted by molar-refractivity contribution is -0.141. The van der Waals surface area contributed by atoms with Crippen LogP contribution in [0.2, 0.25) is 0 Å². The summed E-state index contributed by atoms with van der Waals surface area (Å²) in [5.74, 6) is -0.0908. The van der Waals surface area contributed by atoms with Gasteiger partial charge in [-0.2, -0.15) is 0 Å². The van der Waals surface area contributed by atoms with E-state index in [0.29, 0.717) is 19.5 Å². The Morgan fingerprint density at radius 1 is 1.39 bits per heavy atom. The van der Waals surface area contributed by atoms with Gasteiger partial charge in [-0.05, 0) is 44.7 Å². The Hall–Kier alpha value is -2.25. The van der Waals surface area contributed by atoms with Gasteiger partial charge >= 0.3 is 0 Å². The molecule has 2 heterocycles. The van der Waals surface area contributed by atoms with Crippen molar-refractivity contribution in [3.63, 3.8) is 0 Å². The van der Waals surface area contributed by atoms with Crippen molar-refractivity contribution in [2.45, 2.75) is 59.5 Å². The highest BCUT2D eigenvalue weighted by atomic mass is 32.1. The first-order valence-electron chi connectivity index (χ1n) is 10.8.